The molecule has 5 rings (SSSR count). The van der Waals surface area contributed by atoms with Crippen molar-refractivity contribution in [2.24, 2.45) is 40.4 Å². The van der Waals surface area contributed by atoms with Gasteiger partial charge in [-0.25, -0.2) is 0 Å². The van der Waals surface area contributed by atoms with Crippen LogP contribution in [0.2, 0.25) is 0 Å². The monoisotopic (exact) mass is 398 g/mol. The highest BCUT2D eigenvalue weighted by atomic mass is 16.6. The maximum Gasteiger partial charge on any atom is 0.302 e. The van der Waals surface area contributed by atoms with Crippen molar-refractivity contribution in [3.8, 4) is 0 Å². The highest BCUT2D eigenvalue weighted by Gasteiger charge is 2.70. The van der Waals surface area contributed by atoms with Crippen LogP contribution in [-0.4, -0.2) is 30.6 Å². The first-order valence-electron chi connectivity index (χ1n) is 11.4. The number of rotatable bonds is 3. The van der Waals surface area contributed by atoms with Gasteiger partial charge >= 0.3 is 5.97 Å². The van der Waals surface area contributed by atoms with Gasteiger partial charge in [0.05, 0.1) is 12.7 Å². The van der Waals surface area contributed by atoms with E-state index in [1.54, 1.807) is 0 Å². The molecular formula is C25H34O4. The van der Waals surface area contributed by atoms with Crippen LogP contribution in [0, 0.1) is 40.4 Å². The van der Waals surface area contributed by atoms with Gasteiger partial charge in [0.1, 0.15) is 6.10 Å². The van der Waals surface area contributed by atoms with E-state index in [9.17, 15) is 9.59 Å². The Kier molecular flexibility index (Phi) is 4.24. The molecule has 0 bridgehead atoms. The molecule has 3 saturated carbocycles. The Balaban J connectivity index is 1.56. The van der Waals surface area contributed by atoms with E-state index in [1.165, 1.54) is 44.6 Å². The molecule has 29 heavy (non-hydrogen) atoms. The van der Waals surface area contributed by atoms with Gasteiger partial charge in [-0.2, -0.15) is 0 Å². The van der Waals surface area contributed by atoms with Crippen LogP contribution in [0.3, 0.4) is 0 Å². The quantitative estimate of drug-likeness (QED) is 0.399. The molecule has 4 nitrogen and oxygen atoms in total. The van der Waals surface area contributed by atoms with Crippen molar-refractivity contribution in [1.29, 1.82) is 0 Å². The summed E-state index contributed by atoms with van der Waals surface area (Å²) in [6, 6.07) is 0. The maximum absolute atomic E-state index is 12.9. The first-order chi connectivity index (χ1) is 13.7. The van der Waals surface area contributed by atoms with Crippen molar-refractivity contribution >= 4 is 11.8 Å². The molecule has 1 saturated heterocycles. The third-order valence-corrected chi connectivity index (χ3v) is 9.46. The summed E-state index contributed by atoms with van der Waals surface area (Å²) in [6.07, 6.45) is 8.69. The zero-order valence-electron chi connectivity index (χ0n) is 18.2. The minimum Gasteiger partial charge on any atom is -0.466 e. The smallest absolute Gasteiger partial charge is 0.302 e. The van der Waals surface area contributed by atoms with Crippen molar-refractivity contribution in [2.75, 3.05) is 6.61 Å². The highest BCUT2D eigenvalue weighted by molar-refractivity contribution is 6.06. The maximum atomic E-state index is 12.9. The van der Waals surface area contributed by atoms with Crippen LogP contribution < -0.4 is 0 Å². The number of fused-ring (bicyclic) bond motifs is 8. The molecule has 1 aliphatic heterocycles. The first kappa shape index (κ1) is 19.5. The number of carbonyl (C=O) groups is 2. The molecule has 0 unspecified atom stereocenters. The molecule has 0 spiro atoms. The standard InChI is InChI=1S/C25H34O4/c1-13(12-28-15(3)26)21-14(2)19(27)11-18-22-23(29-22)20-16-7-6-9-24(16,4)10-8-17(20)25(18,21)5/h11,13,16-17,20-23H,2,6-10,12H2,1,3-5H3/t13-,16+,17+,20+,21+,22-,23+,24+,25-/m1/s1. The second-order valence-corrected chi connectivity index (χ2v) is 10.9. The summed E-state index contributed by atoms with van der Waals surface area (Å²) in [5.41, 5.74) is 2.20. The Morgan fingerprint density at radius 1 is 1.31 bits per heavy atom. The zero-order valence-corrected chi connectivity index (χ0v) is 18.2. The van der Waals surface area contributed by atoms with Crippen LogP contribution in [0.15, 0.2) is 23.8 Å². The van der Waals surface area contributed by atoms with Gasteiger partial charge in [-0.1, -0.05) is 33.8 Å². The topological polar surface area (TPSA) is 55.9 Å². The fourth-order valence-electron chi connectivity index (χ4n) is 8.21. The average molecular weight is 399 g/mol. The van der Waals surface area contributed by atoms with E-state index >= 15 is 0 Å². The van der Waals surface area contributed by atoms with E-state index in [0.29, 0.717) is 35.5 Å². The number of hydrogen-bond donors (Lipinski definition) is 0. The molecule has 0 amide bonds. The van der Waals surface area contributed by atoms with Gasteiger partial charge in [-0.15, -0.1) is 0 Å². The number of allylic oxidation sites excluding steroid dienone is 1. The Bertz CT molecular complexity index is 812. The second-order valence-electron chi connectivity index (χ2n) is 10.9. The lowest BCUT2D eigenvalue weighted by Crippen LogP contribution is -2.57. The van der Waals surface area contributed by atoms with Gasteiger partial charge in [0.2, 0.25) is 0 Å². The summed E-state index contributed by atoms with van der Waals surface area (Å²) >= 11 is 0. The fourth-order valence-corrected chi connectivity index (χ4v) is 8.21. The van der Waals surface area contributed by atoms with E-state index in [4.69, 9.17) is 9.47 Å². The number of ether oxygens (including phenoxy) is 2. The summed E-state index contributed by atoms with van der Waals surface area (Å²) < 4.78 is 11.7. The van der Waals surface area contributed by atoms with Crippen LogP contribution in [0.5, 0.6) is 0 Å². The van der Waals surface area contributed by atoms with Gasteiger partial charge < -0.3 is 9.47 Å². The van der Waals surface area contributed by atoms with Crippen LogP contribution in [-0.2, 0) is 19.1 Å². The third kappa shape index (κ3) is 2.60. The Morgan fingerprint density at radius 3 is 2.79 bits per heavy atom. The normalized spacial score (nSPS) is 48.6. The predicted molar refractivity (Wildman–Crippen MR) is 110 cm³/mol. The van der Waals surface area contributed by atoms with E-state index in [2.05, 4.69) is 27.4 Å². The van der Waals surface area contributed by atoms with Crippen molar-refractivity contribution in [1.82, 2.24) is 0 Å². The molecule has 4 aliphatic carbocycles. The number of epoxide rings is 1. The van der Waals surface area contributed by atoms with E-state index in [-0.39, 0.29) is 35.1 Å². The molecule has 0 radical (unpaired) electrons. The largest absolute Gasteiger partial charge is 0.466 e. The first-order valence-corrected chi connectivity index (χ1v) is 11.4. The van der Waals surface area contributed by atoms with Crippen LogP contribution in [0.25, 0.3) is 0 Å². The van der Waals surface area contributed by atoms with Crippen molar-refractivity contribution in [3.05, 3.63) is 23.8 Å². The minimum atomic E-state index is -0.267. The molecule has 158 valence electrons. The zero-order chi connectivity index (χ0) is 20.7. The lowest BCUT2D eigenvalue weighted by Gasteiger charge is -2.59. The van der Waals surface area contributed by atoms with E-state index in [1.807, 2.05) is 6.08 Å². The lowest BCUT2D eigenvalue weighted by molar-refractivity contribution is -0.143. The number of ketones is 1. The molecule has 0 N–H and O–H groups in total. The number of carbonyl (C=O) groups excluding carboxylic acids is 2. The Morgan fingerprint density at radius 2 is 2.07 bits per heavy atom. The van der Waals surface area contributed by atoms with E-state index < -0.39 is 0 Å². The Labute approximate surface area is 174 Å². The number of hydrogen-bond acceptors (Lipinski definition) is 4. The predicted octanol–water partition coefficient (Wildman–Crippen LogP) is 4.49. The van der Waals surface area contributed by atoms with Gasteiger partial charge in [-0.3, -0.25) is 9.59 Å². The summed E-state index contributed by atoms with van der Waals surface area (Å²) in [7, 11) is 0. The molecule has 5 aliphatic rings. The number of esters is 1. The van der Waals surface area contributed by atoms with E-state index in [0.717, 1.165) is 5.92 Å². The molecular weight excluding hydrogens is 364 g/mol. The van der Waals surface area contributed by atoms with Crippen molar-refractivity contribution in [3.63, 3.8) is 0 Å². The summed E-state index contributed by atoms with van der Waals surface area (Å²) in [6.45, 7) is 13.0. The van der Waals surface area contributed by atoms with Gasteiger partial charge in [-0.05, 0) is 72.0 Å². The molecule has 0 aromatic heterocycles. The summed E-state index contributed by atoms with van der Waals surface area (Å²) in [5, 5.41) is 0. The summed E-state index contributed by atoms with van der Waals surface area (Å²) in [4.78, 5) is 24.3. The third-order valence-electron chi connectivity index (χ3n) is 9.46. The van der Waals surface area contributed by atoms with Gasteiger partial charge in [0.25, 0.3) is 0 Å². The van der Waals surface area contributed by atoms with Crippen molar-refractivity contribution < 1.29 is 19.1 Å². The lowest BCUT2D eigenvalue weighted by atomic mass is 9.43. The minimum absolute atomic E-state index is 0.00207. The Hall–Kier alpha value is -1.42. The molecule has 0 aromatic carbocycles. The van der Waals surface area contributed by atoms with Crippen LogP contribution in [0.4, 0.5) is 0 Å². The van der Waals surface area contributed by atoms with Gasteiger partial charge in [0.15, 0.2) is 5.78 Å². The van der Waals surface area contributed by atoms with Crippen LogP contribution in [0.1, 0.15) is 59.8 Å². The molecule has 4 heteroatoms. The second kappa shape index (κ2) is 6.29. The molecule has 9 atom stereocenters. The van der Waals surface area contributed by atoms with Crippen molar-refractivity contribution in [2.45, 2.75) is 72.0 Å². The van der Waals surface area contributed by atoms with Gasteiger partial charge in [0, 0.05) is 18.3 Å². The molecule has 4 fully saturated rings. The van der Waals surface area contributed by atoms with Crippen LogP contribution >= 0.6 is 0 Å². The summed E-state index contributed by atoms with van der Waals surface area (Å²) in [5.74, 6) is 1.62. The highest BCUT2D eigenvalue weighted by Crippen LogP contribution is 2.71. The average Bonchev–Trinajstić information content (AvgIpc) is 3.34. The molecule has 0 aromatic rings. The molecule has 1 heterocycles. The fraction of sp³-hybridized carbons (Fsp3) is 0.760. The SMILES string of the molecule is C=C1C(=O)C=C2[C@H]3O[C@H]3[C@H]3[C@@H]4CCC[C@@]4(C)CC[C@@H]3[C@@]2(C)[C@H]1[C@H](C)COC(C)=O.